The van der Waals surface area contributed by atoms with Gasteiger partial charge in [-0.25, -0.2) is 17.9 Å². The molecule has 1 fully saturated rings. The summed E-state index contributed by atoms with van der Waals surface area (Å²) in [7, 11) is -3.53. The number of carbonyl (C=O) groups is 3. The first-order chi connectivity index (χ1) is 10.8. The van der Waals surface area contributed by atoms with Gasteiger partial charge in [-0.3, -0.25) is 9.59 Å². The van der Waals surface area contributed by atoms with Gasteiger partial charge >= 0.3 is 5.97 Å². The smallest absolute Gasteiger partial charge is 0.325 e. The molecule has 1 N–H and O–H groups in total. The molecule has 23 heavy (non-hydrogen) atoms. The summed E-state index contributed by atoms with van der Waals surface area (Å²) in [5.41, 5.74) is 0.744. The zero-order valence-corrected chi connectivity index (χ0v) is 12.8. The van der Waals surface area contributed by atoms with Gasteiger partial charge in [0.05, 0.1) is 5.56 Å². The number of carbonyl (C=O) groups excluding carboxylic acids is 3. The molecule has 1 aliphatic rings. The largest absolute Gasteiger partial charge is 0.363 e. The lowest BCUT2D eigenvalue weighted by molar-refractivity contribution is -0.172. The Kier molecular flexibility index (Phi) is 4.92. The monoisotopic (exact) mass is 338 g/mol. The summed E-state index contributed by atoms with van der Waals surface area (Å²) < 4.78 is 24.7. The fourth-order valence-corrected chi connectivity index (χ4v) is 2.28. The molecule has 0 saturated carbocycles. The number of hydrogen-bond donors (Lipinski definition) is 1. The van der Waals surface area contributed by atoms with Crippen molar-refractivity contribution in [3.63, 3.8) is 0 Å². The van der Waals surface area contributed by atoms with E-state index >= 15 is 0 Å². The number of sulfonamides is 1. The van der Waals surface area contributed by atoms with Gasteiger partial charge in [0.2, 0.25) is 10.0 Å². The van der Waals surface area contributed by atoms with Crippen molar-refractivity contribution in [1.82, 2.24) is 9.79 Å². The van der Waals surface area contributed by atoms with Crippen LogP contribution in [0.25, 0.3) is 0 Å². The van der Waals surface area contributed by atoms with Crippen LogP contribution in [-0.2, 0) is 31.0 Å². The number of hydroxylamine groups is 2. The molecule has 1 heterocycles. The average molecular weight is 338 g/mol. The molecule has 2 rings (SSSR count). The fraction of sp³-hybridized carbons (Fsp3) is 0.214. The SMILES string of the molecule is C=CS(=O)(=O)NCc1ccc(C(=O)ON2C(=O)CCC2=O)cc1. The first-order valence-electron chi connectivity index (χ1n) is 6.61. The van der Waals surface area contributed by atoms with Crippen LogP contribution >= 0.6 is 0 Å². The minimum absolute atomic E-state index is 0.0223. The highest BCUT2D eigenvalue weighted by Gasteiger charge is 2.33. The van der Waals surface area contributed by atoms with Gasteiger partial charge in [-0.1, -0.05) is 18.7 Å². The Morgan fingerprint density at radius 2 is 1.78 bits per heavy atom. The van der Waals surface area contributed by atoms with Crippen molar-refractivity contribution in [1.29, 1.82) is 0 Å². The molecule has 0 atom stereocenters. The van der Waals surface area contributed by atoms with Gasteiger partial charge in [-0.2, -0.15) is 0 Å². The molecule has 1 saturated heterocycles. The fourth-order valence-electron chi connectivity index (χ4n) is 1.80. The number of nitrogens with one attached hydrogen (secondary N) is 1. The predicted octanol–water partition coefficient (Wildman–Crippen LogP) is 0.470. The summed E-state index contributed by atoms with van der Waals surface area (Å²) >= 11 is 0. The molecular formula is C14H14N2O6S. The summed E-state index contributed by atoms with van der Waals surface area (Å²) in [4.78, 5) is 39.4. The topological polar surface area (TPSA) is 110 Å². The Balaban J connectivity index is 1.99. The molecule has 8 nitrogen and oxygen atoms in total. The molecule has 0 unspecified atom stereocenters. The van der Waals surface area contributed by atoms with E-state index in [4.69, 9.17) is 4.84 Å². The van der Waals surface area contributed by atoms with E-state index in [0.29, 0.717) is 10.6 Å². The van der Waals surface area contributed by atoms with Crippen molar-refractivity contribution in [2.24, 2.45) is 0 Å². The summed E-state index contributed by atoms with van der Waals surface area (Å²) in [5.74, 6) is -1.95. The lowest BCUT2D eigenvalue weighted by Crippen LogP contribution is -2.32. The molecule has 1 aliphatic heterocycles. The Morgan fingerprint density at radius 1 is 1.22 bits per heavy atom. The van der Waals surface area contributed by atoms with E-state index in [-0.39, 0.29) is 24.9 Å². The highest BCUT2D eigenvalue weighted by molar-refractivity contribution is 7.92. The van der Waals surface area contributed by atoms with Gasteiger partial charge in [0.1, 0.15) is 0 Å². The van der Waals surface area contributed by atoms with E-state index in [1.807, 2.05) is 0 Å². The molecule has 1 aromatic rings. The van der Waals surface area contributed by atoms with Crippen LogP contribution in [0.1, 0.15) is 28.8 Å². The number of imide groups is 1. The maximum absolute atomic E-state index is 11.9. The number of benzene rings is 1. The lowest BCUT2D eigenvalue weighted by atomic mass is 10.1. The molecule has 0 bridgehead atoms. The molecule has 0 radical (unpaired) electrons. The van der Waals surface area contributed by atoms with Crippen LogP contribution in [0, 0.1) is 0 Å². The molecule has 2 amide bonds. The molecule has 9 heteroatoms. The molecule has 0 aliphatic carbocycles. The van der Waals surface area contributed by atoms with Gasteiger partial charge in [0.25, 0.3) is 11.8 Å². The van der Waals surface area contributed by atoms with Gasteiger partial charge < -0.3 is 4.84 Å². The highest BCUT2D eigenvalue weighted by atomic mass is 32.2. The number of nitrogens with zero attached hydrogens (tertiary/aromatic N) is 1. The van der Waals surface area contributed by atoms with Crippen molar-refractivity contribution in [3.05, 3.63) is 47.4 Å². The van der Waals surface area contributed by atoms with Crippen LogP contribution in [-0.4, -0.2) is 31.3 Å². The van der Waals surface area contributed by atoms with Crippen LogP contribution in [0.3, 0.4) is 0 Å². The van der Waals surface area contributed by atoms with Gasteiger partial charge in [0, 0.05) is 24.8 Å². The zero-order valence-electron chi connectivity index (χ0n) is 12.0. The molecule has 122 valence electrons. The normalized spacial score (nSPS) is 14.9. The number of rotatable bonds is 6. The van der Waals surface area contributed by atoms with E-state index in [9.17, 15) is 22.8 Å². The molecule has 0 aromatic heterocycles. The van der Waals surface area contributed by atoms with Crippen molar-refractivity contribution >= 4 is 27.8 Å². The summed E-state index contributed by atoms with van der Waals surface area (Å²) in [5, 5.41) is 1.26. The molecule has 0 spiro atoms. The minimum Gasteiger partial charge on any atom is -0.325 e. The van der Waals surface area contributed by atoms with E-state index in [0.717, 1.165) is 5.41 Å². The molecule has 1 aromatic carbocycles. The van der Waals surface area contributed by atoms with Crippen LogP contribution in [0.4, 0.5) is 0 Å². The Morgan fingerprint density at radius 3 is 2.30 bits per heavy atom. The minimum atomic E-state index is -3.53. The van der Waals surface area contributed by atoms with E-state index in [2.05, 4.69) is 11.3 Å². The van der Waals surface area contributed by atoms with E-state index in [1.165, 1.54) is 24.3 Å². The summed E-state index contributed by atoms with van der Waals surface area (Å²) in [6, 6.07) is 5.86. The third-order valence-corrected chi connectivity index (χ3v) is 4.05. The number of amides is 2. The maximum Gasteiger partial charge on any atom is 0.363 e. The Bertz CT molecular complexity index is 738. The first kappa shape index (κ1) is 16.8. The quantitative estimate of drug-likeness (QED) is 0.755. The summed E-state index contributed by atoms with van der Waals surface area (Å²) in [6.07, 6.45) is 0.0446. The highest BCUT2D eigenvalue weighted by Crippen LogP contribution is 2.14. The lowest BCUT2D eigenvalue weighted by Gasteiger charge is -2.12. The van der Waals surface area contributed by atoms with Gasteiger partial charge in [-0.15, -0.1) is 5.06 Å². The van der Waals surface area contributed by atoms with Crippen LogP contribution < -0.4 is 4.72 Å². The standard InChI is InChI=1S/C14H14N2O6S/c1-2-23(20,21)15-9-10-3-5-11(6-4-10)14(19)22-16-12(17)7-8-13(16)18/h2-6,15H,1,7-9H2. The summed E-state index contributed by atoms with van der Waals surface area (Å²) in [6.45, 7) is 3.21. The third-order valence-electron chi connectivity index (χ3n) is 3.07. The second-order valence-electron chi connectivity index (χ2n) is 4.69. The van der Waals surface area contributed by atoms with Crippen molar-refractivity contribution in [2.75, 3.05) is 0 Å². The molecular weight excluding hydrogens is 324 g/mol. The van der Waals surface area contributed by atoms with Crippen molar-refractivity contribution in [2.45, 2.75) is 19.4 Å². The third kappa shape index (κ3) is 4.24. The van der Waals surface area contributed by atoms with E-state index < -0.39 is 27.8 Å². The second kappa shape index (κ2) is 6.71. The van der Waals surface area contributed by atoms with Gasteiger partial charge in [0.15, 0.2) is 0 Å². The average Bonchev–Trinajstić information content (AvgIpc) is 2.85. The maximum atomic E-state index is 11.9. The van der Waals surface area contributed by atoms with Crippen molar-refractivity contribution in [3.8, 4) is 0 Å². The zero-order chi connectivity index (χ0) is 17.0. The van der Waals surface area contributed by atoms with Gasteiger partial charge in [-0.05, 0) is 17.7 Å². The van der Waals surface area contributed by atoms with Crippen LogP contribution in [0.15, 0.2) is 36.3 Å². The second-order valence-corrected chi connectivity index (χ2v) is 6.40. The predicted molar refractivity (Wildman–Crippen MR) is 78.9 cm³/mol. The first-order valence-corrected chi connectivity index (χ1v) is 8.16. The Hall–Kier alpha value is -2.52. The van der Waals surface area contributed by atoms with Crippen LogP contribution in [0.2, 0.25) is 0 Å². The Labute approximate surface area is 132 Å². The number of hydrogen-bond acceptors (Lipinski definition) is 6. The van der Waals surface area contributed by atoms with E-state index in [1.54, 1.807) is 0 Å². The van der Waals surface area contributed by atoms with Crippen LogP contribution in [0.5, 0.6) is 0 Å². The van der Waals surface area contributed by atoms with Crippen molar-refractivity contribution < 1.29 is 27.6 Å².